The molecule has 7 heteroatoms. The van der Waals surface area contributed by atoms with Crippen molar-refractivity contribution in [3.8, 4) is 36.0 Å². The molecule has 2 unspecified atom stereocenters. The summed E-state index contributed by atoms with van der Waals surface area (Å²) in [4.78, 5) is 20.5. The Balaban J connectivity index is 0.966. The molecule has 3 aromatic heterocycles. The van der Waals surface area contributed by atoms with Crippen LogP contribution < -0.4 is 4.90 Å². The van der Waals surface area contributed by atoms with Gasteiger partial charge in [0.2, 0.25) is 0 Å². The first-order chi connectivity index (χ1) is 26.5. The summed E-state index contributed by atoms with van der Waals surface area (Å²) in [5, 5.41) is 18.3. The number of aliphatic carboxylic acids is 1. The molecule has 54 heavy (non-hydrogen) atoms. The van der Waals surface area contributed by atoms with Crippen LogP contribution in [0.15, 0.2) is 145 Å². The van der Waals surface area contributed by atoms with E-state index < -0.39 is 5.97 Å². The summed E-state index contributed by atoms with van der Waals surface area (Å²) in [5.41, 5.74) is 9.89. The Kier molecular flexibility index (Phi) is 9.18. The second kappa shape index (κ2) is 14.6. The van der Waals surface area contributed by atoms with E-state index in [1.165, 1.54) is 96.1 Å². The number of hydrogen-bond donors (Lipinski definition) is 1. The Morgan fingerprint density at radius 2 is 1.30 bits per heavy atom. The molecule has 262 valence electrons. The monoisotopic (exact) mass is 754 g/mol. The van der Waals surface area contributed by atoms with E-state index in [0.29, 0.717) is 12.0 Å². The van der Waals surface area contributed by atoms with Gasteiger partial charge in [0.05, 0.1) is 0 Å². The van der Waals surface area contributed by atoms with Gasteiger partial charge >= 0.3 is 5.97 Å². The van der Waals surface area contributed by atoms with Crippen LogP contribution in [-0.4, -0.2) is 17.1 Å². The summed E-state index contributed by atoms with van der Waals surface area (Å²) in [5.74, 6) is -0.675. The molecule has 1 aliphatic carbocycles. The average molecular weight is 755 g/mol. The number of nitrogens with zero attached hydrogens (tertiary/aromatic N) is 2. The lowest BCUT2D eigenvalue weighted by atomic mass is 9.95. The van der Waals surface area contributed by atoms with Crippen LogP contribution in [0.25, 0.3) is 47.7 Å². The van der Waals surface area contributed by atoms with E-state index in [9.17, 15) is 9.90 Å². The number of thiophene rings is 3. The average Bonchev–Trinajstić information content (AvgIpc) is 4.06. The third kappa shape index (κ3) is 6.54. The molecule has 9 rings (SSSR count). The first-order valence-corrected chi connectivity index (χ1v) is 20.5. The Hall–Kier alpha value is -5.78. The number of carbonyl (C=O) groups is 1. The fraction of sp³-hybridized carbons (Fsp3) is 0.106. The minimum Gasteiger partial charge on any atom is -0.477 e. The highest BCUT2D eigenvalue weighted by atomic mass is 32.1. The predicted molar refractivity (Wildman–Crippen MR) is 226 cm³/mol. The van der Waals surface area contributed by atoms with Crippen molar-refractivity contribution < 1.29 is 9.90 Å². The van der Waals surface area contributed by atoms with Crippen LogP contribution in [0.5, 0.6) is 0 Å². The number of anilines is 2. The molecule has 0 saturated heterocycles. The highest BCUT2D eigenvalue weighted by molar-refractivity contribution is 7.27. The summed E-state index contributed by atoms with van der Waals surface area (Å²) in [7, 11) is 0. The predicted octanol–water partition coefficient (Wildman–Crippen LogP) is 13.2. The molecule has 1 N–H and O–H groups in total. The van der Waals surface area contributed by atoms with Gasteiger partial charge in [-0.2, -0.15) is 5.26 Å². The van der Waals surface area contributed by atoms with Crippen molar-refractivity contribution >= 4 is 69.1 Å². The number of hydrogen-bond acceptors (Lipinski definition) is 6. The van der Waals surface area contributed by atoms with Crippen LogP contribution in [-0.2, 0) is 4.79 Å². The lowest BCUT2D eigenvalue weighted by molar-refractivity contribution is -0.132. The molecule has 1 aliphatic heterocycles. The molecule has 4 aromatic carbocycles. The SMILES string of the molecule is N#C/C(=C\c1ccc(-c2ccc(-c3ccc(-c4ccc5c(c4)C4CCCC4N5c4ccc(C=C(c5ccccc5)c5ccccc5)cc4)s3)s2)s1)C(=O)O. The van der Waals surface area contributed by atoms with Gasteiger partial charge in [-0.3, -0.25) is 0 Å². The van der Waals surface area contributed by atoms with Crippen molar-refractivity contribution in [2.75, 3.05) is 4.90 Å². The van der Waals surface area contributed by atoms with Crippen LogP contribution in [0.4, 0.5) is 11.4 Å². The molecule has 1 fully saturated rings. The van der Waals surface area contributed by atoms with E-state index in [4.69, 9.17) is 5.26 Å². The van der Waals surface area contributed by atoms with E-state index in [0.717, 1.165) is 14.6 Å². The zero-order valence-electron chi connectivity index (χ0n) is 29.2. The molecule has 2 aliphatic rings. The van der Waals surface area contributed by atoms with Gasteiger partial charge in [-0.25, -0.2) is 4.79 Å². The highest BCUT2D eigenvalue weighted by Gasteiger charge is 2.42. The number of rotatable bonds is 9. The molecule has 0 radical (unpaired) electrons. The third-order valence-electron chi connectivity index (χ3n) is 10.4. The maximum absolute atomic E-state index is 11.3. The van der Waals surface area contributed by atoms with Crippen molar-refractivity contribution in [3.05, 3.63) is 172 Å². The third-order valence-corrected chi connectivity index (χ3v) is 14.0. The van der Waals surface area contributed by atoms with Gasteiger partial charge in [-0.15, -0.1) is 34.0 Å². The van der Waals surface area contributed by atoms with E-state index in [-0.39, 0.29) is 5.57 Å². The first-order valence-electron chi connectivity index (χ1n) is 18.0. The van der Waals surface area contributed by atoms with Gasteiger partial charge in [-0.05, 0) is 119 Å². The van der Waals surface area contributed by atoms with E-state index in [1.807, 2.05) is 23.5 Å². The number of carboxylic acid groups (broad SMARTS) is 1. The maximum atomic E-state index is 11.3. The van der Waals surface area contributed by atoms with Gasteiger partial charge in [0.15, 0.2) is 0 Å². The van der Waals surface area contributed by atoms with Crippen molar-refractivity contribution in [2.45, 2.75) is 31.2 Å². The van der Waals surface area contributed by atoms with Gasteiger partial charge in [0.1, 0.15) is 11.6 Å². The minimum absolute atomic E-state index is 0.261. The van der Waals surface area contributed by atoms with Crippen LogP contribution >= 0.6 is 34.0 Å². The lowest BCUT2D eigenvalue weighted by Crippen LogP contribution is -2.26. The standard InChI is InChI=1S/C47H34N2O2S3/c48-29-34(47(50)51)27-36-19-21-43(52-36)44-24-25-46(54-44)45-23-22-42(53-45)33-16-20-41-39(28-33)37-12-7-13-40(37)49(41)35-17-14-30(15-18-35)26-38(31-8-3-1-4-9-31)32-10-5-2-6-11-32/h1-6,8-11,14-28,37,40H,7,12-13H2,(H,50,51)/b34-27+. The molecule has 7 aromatic rings. The number of benzene rings is 4. The van der Waals surface area contributed by atoms with E-state index in [2.05, 4.69) is 138 Å². The summed E-state index contributed by atoms with van der Waals surface area (Å²) in [6.07, 6.45) is 7.41. The van der Waals surface area contributed by atoms with E-state index in [1.54, 1.807) is 17.4 Å². The zero-order valence-corrected chi connectivity index (χ0v) is 31.6. The molecule has 0 bridgehead atoms. The maximum Gasteiger partial charge on any atom is 0.346 e. The fourth-order valence-electron chi connectivity index (χ4n) is 7.89. The van der Waals surface area contributed by atoms with Gasteiger partial charge < -0.3 is 10.0 Å². The minimum atomic E-state index is -1.21. The zero-order chi connectivity index (χ0) is 36.6. The Bertz CT molecular complexity index is 2550. The second-order valence-corrected chi connectivity index (χ2v) is 16.9. The normalized spacial score (nSPS) is 16.1. The van der Waals surface area contributed by atoms with Crippen LogP contribution in [0.2, 0.25) is 0 Å². The molecule has 4 nitrogen and oxygen atoms in total. The number of carboxylic acids is 1. The van der Waals surface area contributed by atoms with Gasteiger partial charge in [0.25, 0.3) is 0 Å². The topological polar surface area (TPSA) is 64.3 Å². The van der Waals surface area contributed by atoms with Gasteiger partial charge in [-0.1, -0.05) is 85.3 Å². The molecule has 0 amide bonds. The molecule has 2 atom stereocenters. The smallest absolute Gasteiger partial charge is 0.346 e. The largest absolute Gasteiger partial charge is 0.477 e. The highest BCUT2D eigenvalue weighted by Crippen LogP contribution is 2.53. The number of fused-ring (bicyclic) bond motifs is 3. The number of nitriles is 1. The summed E-state index contributed by atoms with van der Waals surface area (Å²) in [6, 6.07) is 52.3. The van der Waals surface area contributed by atoms with Crippen molar-refractivity contribution in [3.63, 3.8) is 0 Å². The van der Waals surface area contributed by atoms with Gasteiger partial charge in [0, 0.05) is 52.6 Å². The summed E-state index contributed by atoms with van der Waals surface area (Å²) < 4.78 is 0. The molecular formula is C47H34N2O2S3. The molecule has 0 spiro atoms. The van der Waals surface area contributed by atoms with Crippen LogP contribution in [0, 0.1) is 11.3 Å². The Morgan fingerprint density at radius 3 is 1.94 bits per heavy atom. The molecule has 1 saturated carbocycles. The first kappa shape index (κ1) is 34.0. The van der Waals surface area contributed by atoms with Crippen molar-refractivity contribution in [2.24, 2.45) is 0 Å². The Morgan fingerprint density at radius 1 is 0.685 bits per heavy atom. The lowest BCUT2D eigenvalue weighted by Gasteiger charge is -2.27. The quantitative estimate of drug-likeness (QED) is 0.0905. The van der Waals surface area contributed by atoms with Crippen molar-refractivity contribution in [1.29, 1.82) is 5.26 Å². The van der Waals surface area contributed by atoms with Crippen LogP contribution in [0.1, 0.15) is 52.3 Å². The van der Waals surface area contributed by atoms with E-state index >= 15 is 0 Å². The van der Waals surface area contributed by atoms with Crippen LogP contribution in [0.3, 0.4) is 0 Å². The molecular weight excluding hydrogens is 721 g/mol. The molecule has 4 heterocycles. The van der Waals surface area contributed by atoms with Crippen molar-refractivity contribution in [1.82, 2.24) is 0 Å². The summed E-state index contributed by atoms with van der Waals surface area (Å²) >= 11 is 5.05. The Labute approximate surface area is 326 Å². The fourth-order valence-corrected chi connectivity index (χ4v) is 11.0. The second-order valence-electron chi connectivity index (χ2n) is 13.6. The summed E-state index contributed by atoms with van der Waals surface area (Å²) in [6.45, 7) is 0.